The molecule has 0 aromatic rings. The van der Waals surface area contributed by atoms with Crippen molar-refractivity contribution < 1.29 is 14.3 Å². The van der Waals surface area contributed by atoms with Crippen LogP contribution < -0.4 is 10.6 Å². The van der Waals surface area contributed by atoms with Crippen LogP contribution in [0.2, 0.25) is 0 Å². The van der Waals surface area contributed by atoms with Gasteiger partial charge in [0.05, 0.1) is 7.11 Å². The van der Waals surface area contributed by atoms with Crippen LogP contribution >= 0.6 is 0 Å². The van der Waals surface area contributed by atoms with Gasteiger partial charge in [-0.05, 0) is 65.4 Å². The lowest BCUT2D eigenvalue weighted by Gasteiger charge is -2.42. The van der Waals surface area contributed by atoms with Crippen LogP contribution in [0.3, 0.4) is 0 Å². The number of allylic oxidation sites excluding steroid dienone is 1. The molecule has 24 heavy (non-hydrogen) atoms. The highest BCUT2D eigenvalue weighted by atomic mass is 16.6. The first-order valence-corrected chi connectivity index (χ1v) is 8.64. The summed E-state index contributed by atoms with van der Waals surface area (Å²) < 4.78 is 10.4. The van der Waals surface area contributed by atoms with Crippen molar-refractivity contribution >= 4 is 6.09 Å². The molecule has 2 aliphatic carbocycles. The van der Waals surface area contributed by atoms with Gasteiger partial charge in [-0.2, -0.15) is 0 Å². The lowest BCUT2D eigenvalue weighted by atomic mass is 9.75. The largest absolute Gasteiger partial charge is 0.497 e. The number of methoxy groups -OCH3 is 1. The van der Waals surface area contributed by atoms with Crippen LogP contribution in [0, 0.1) is 5.41 Å². The highest BCUT2D eigenvalue weighted by molar-refractivity contribution is 5.69. The summed E-state index contributed by atoms with van der Waals surface area (Å²) in [6, 6.07) is 0.739. The van der Waals surface area contributed by atoms with Gasteiger partial charge in [0.15, 0.2) is 0 Å². The van der Waals surface area contributed by atoms with E-state index in [0.717, 1.165) is 19.3 Å². The molecule has 5 nitrogen and oxygen atoms in total. The maximum Gasteiger partial charge on any atom is 0.407 e. The van der Waals surface area contributed by atoms with E-state index >= 15 is 0 Å². The van der Waals surface area contributed by atoms with E-state index in [2.05, 4.69) is 37.1 Å². The molecule has 1 spiro atoms. The molecule has 0 heterocycles. The first kappa shape index (κ1) is 18.8. The third kappa shape index (κ3) is 5.00. The Morgan fingerprint density at radius 2 is 1.83 bits per heavy atom. The van der Waals surface area contributed by atoms with Crippen LogP contribution in [0.5, 0.6) is 0 Å². The van der Waals surface area contributed by atoms with Gasteiger partial charge in [0.1, 0.15) is 11.4 Å². The number of rotatable bonds is 6. The number of ether oxygens (including phenoxy) is 2. The van der Waals surface area contributed by atoms with E-state index in [4.69, 9.17) is 9.47 Å². The van der Waals surface area contributed by atoms with Crippen molar-refractivity contribution in [2.24, 2.45) is 5.41 Å². The van der Waals surface area contributed by atoms with Gasteiger partial charge < -0.3 is 20.1 Å². The Kier molecular flexibility index (Phi) is 5.05. The van der Waals surface area contributed by atoms with E-state index in [1.165, 1.54) is 0 Å². The monoisotopic (exact) mass is 336 g/mol. The van der Waals surface area contributed by atoms with Crippen molar-refractivity contribution in [2.75, 3.05) is 7.11 Å². The minimum atomic E-state index is -0.446. The second-order valence-corrected chi connectivity index (χ2v) is 8.74. The molecule has 0 unspecified atom stereocenters. The molecule has 0 bridgehead atoms. The molecule has 0 aromatic carbocycles. The average Bonchev–Trinajstić information content (AvgIpc) is 3.06. The molecular weight excluding hydrogens is 304 g/mol. The first-order valence-electron chi connectivity index (χ1n) is 8.64. The second-order valence-electron chi connectivity index (χ2n) is 8.74. The third-order valence-electron chi connectivity index (χ3n) is 4.71. The first-order chi connectivity index (χ1) is 10.9. The van der Waals surface area contributed by atoms with Crippen molar-refractivity contribution in [2.45, 2.75) is 77.1 Å². The predicted octanol–water partition coefficient (Wildman–Crippen LogP) is 3.52. The Hall–Kier alpha value is -1.49. The molecule has 0 aromatic heterocycles. The minimum absolute atomic E-state index is 0.114. The molecule has 0 radical (unpaired) electrons. The van der Waals surface area contributed by atoms with Crippen LogP contribution in [0.15, 0.2) is 24.5 Å². The topological polar surface area (TPSA) is 59.6 Å². The van der Waals surface area contributed by atoms with Gasteiger partial charge in [-0.1, -0.05) is 12.7 Å². The minimum Gasteiger partial charge on any atom is -0.497 e. The van der Waals surface area contributed by atoms with Crippen LogP contribution in [0.25, 0.3) is 0 Å². The van der Waals surface area contributed by atoms with Crippen LogP contribution in [0.4, 0.5) is 4.79 Å². The molecule has 0 saturated heterocycles. The van der Waals surface area contributed by atoms with E-state index in [1.54, 1.807) is 7.11 Å². The zero-order valence-corrected chi connectivity index (χ0v) is 15.9. The van der Waals surface area contributed by atoms with E-state index < -0.39 is 5.60 Å². The molecule has 2 N–H and O–H groups in total. The van der Waals surface area contributed by atoms with E-state index in [-0.39, 0.29) is 23.1 Å². The summed E-state index contributed by atoms with van der Waals surface area (Å²) >= 11 is 0. The van der Waals surface area contributed by atoms with Gasteiger partial charge >= 0.3 is 6.09 Å². The number of alkyl carbamates (subject to hydrolysis) is 1. The number of nitrogens with one attached hydrogen (secondary N) is 2. The fourth-order valence-corrected chi connectivity index (χ4v) is 3.42. The molecular formula is C19H32N2O3. The Morgan fingerprint density at radius 3 is 2.38 bits per heavy atom. The summed E-state index contributed by atoms with van der Waals surface area (Å²) in [5, 5.41) is 6.66. The van der Waals surface area contributed by atoms with Gasteiger partial charge in [-0.3, -0.25) is 0 Å². The molecule has 1 amide bonds. The standard InChI is InChI=1S/C19H32N2O3/c1-13(23-7)8-9-18(5,6)21-14-10-19(11-14)12-15(19)20-16(22)24-17(2,3)4/h8-9,14-15,21H,1,10-12H2,2-7H3,(H,20,22)/b9-8-/t14?,15-,19?/m0/s1. The molecule has 2 aliphatic rings. The predicted molar refractivity (Wildman–Crippen MR) is 95.7 cm³/mol. The lowest BCUT2D eigenvalue weighted by molar-refractivity contribution is 0.0499. The fraction of sp³-hybridized carbons (Fsp3) is 0.737. The number of hydrogen-bond acceptors (Lipinski definition) is 4. The van der Waals surface area contributed by atoms with Gasteiger partial charge in [-0.15, -0.1) is 0 Å². The number of carbonyl (C=O) groups is 1. The molecule has 1 atom stereocenters. The molecule has 2 fully saturated rings. The summed E-state index contributed by atoms with van der Waals surface area (Å²) in [7, 11) is 1.62. The normalized spacial score (nSPS) is 29.2. The summed E-state index contributed by atoms with van der Waals surface area (Å²) in [5.74, 6) is 0.652. The van der Waals surface area contributed by atoms with Crippen LogP contribution in [0.1, 0.15) is 53.9 Å². The Balaban J connectivity index is 1.73. The summed E-state index contributed by atoms with van der Waals surface area (Å²) in [6.45, 7) is 13.7. The maximum absolute atomic E-state index is 11.8. The third-order valence-corrected chi connectivity index (χ3v) is 4.71. The number of hydrogen-bond donors (Lipinski definition) is 2. The van der Waals surface area contributed by atoms with E-state index in [1.807, 2.05) is 26.8 Å². The SMILES string of the molecule is C=C(/C=C\C(C)(C)NC1CC2(C1)C[C@@H]2NC(=O)OC(C)(C)C)OC. The molecule has 2 rings (SSSR count). The summed E-state index contributed by atoms with van der Waals surface area (Å²) in [6.07, 6.45) is 6.91. The summed E-state index contributed by atoms with van der Waals surface area (Å²) in [4.78, 5) is 11.8. The van der Waals surface area contributed by atoms with Crippen molar-refractivity contribution in [3.8, 4) is 0 Å². The van der Waals surface area contributed by atoms with Crippen molar-refractivity contribution in [3.63, 3.8) is 0 Å². The van der Waals surface area contributed by atoms with E-state index in [9.17, 15) is 4.79 Å². The Morgan fingerprint density at radius 1 is 1.21 bits per heavy atom. The Bertz CT molecular complexity index is 525. The smallest absolute Gasteiger partial charge is 0.407 e. The van der Waals surface area contributed by atoms with Crippen LogP contribution in [-0.2, 0) is 9.47 Å². The van der Waals surface area contributed by atoms with Crippen molar-refractivity contribution in [1.82, 2.24) is 10.6 Å². The van der Waals surface area contributed by atoms with Crippen LogP contribution in [-0.4, -0.2) is 36.4 Å². The van der Waals surface area contributed by atoms with Gasteiger partial charge in [0, 0.05) is 17.6 Å². The quantitative estimate of drug-likeness (QED) is 0.575. The lowest BCUT2D eigenvalue weighted by Crippen LogP contribution is -2.53. The molecule has 2 saturated carbocycles. The zero-order valence-electron chi connectivity index (χ0n) is 15.9. The van der Waals surface area contributed by atoms with Gasteiger partial charge in [0.2, 0.25) is 0 Å². The maximum atomic E-state index is 11.8. The van der Waals surface area contributed by atoms with E-state index in [0.29, 0.717) is 11.8 Å². The number of amides is 1. The molecule has 136 valence electrons. The Labute approximate surface area is 145 Å². The summed E-state index contributed by atoms with van der Waals surface area (Å²) in [5.41, 5.74) is -0.278. The number of carbonyl (C=O) groups excluding carboxylic acids is 1. The molecule has 0 aliphatic heterocycles. The highest BCUT2D eigenvalue weighted by Crippen LogP contribution is 2.61. The second kappa shape index (κ2) is 6.43. The van der Waals surface area contributed by atoms with Gasteiger partial charge in [0.25, 0.3) is 0 Å². The highest BCUT2D eigenvalue weighted by Gasteiger charge is 2.62. The molecule has 5 heteroatoms. The zero-order chi connectivity index (χ0) is 18.2. The average molecular weight is 336 g/mol. The fourth-order valence-electron chi connectivity index (χ4n) is 3.42. The van der Waals surface area contributed by atoms with Crippen molar-refractivity contribution in [1.29, 1.82) is 0 Å². The van der Waals surface area contributed by atoms with Gasteiger partial charge in [-0.25, -0.2) is 4.79 Å². The van der Waals surface area contributed by atoms with Crippen molar-refractivity contribution in [3.05, 3.63) is 24.5 Å².